The van der Waals surface area contributed by atoms with Gasteiger partial charge in [-0.2, -0.15) is 0 Å². The van der Waals surface area contributed by atoms with E-state index in [0.29, 0.717) is 0 Å². The number of nitrogens with zero attached hydrogens (tertiary/aromatic N) is 1. The molecule has 0 unspecified atom stereocenters. The molecule has 0 spiro atoms. The van der Waals surface area contributed by atoms with Gasteiger partial charge in [-0.25, -0.2) is 0 Å². The van der Waals surface area contributed by atoms with Crippen LogP contribution in [0, 0.1) is 0 Å². The van der Waals surface area contributed by atoms with Gasteiger partial charge in [-0.05, 0) is 25.0 Å². The zero-order chi connectivity index (χ0) is 11.9. The van der Waals surface area contributed by atoms with E-state index in [1.165, 1.54) is 44.5 Å². The van der Waals surface area contributed by atoms with E-state index in [2.05, 4.69) is 51.2 Å². The average molecular weight is 220 g/mol. The first-order valence-electron chi connectivity index (χ1n) is 6.63. The molecule has 1 nitrogen and oxygen atoms in total. The Bertz CT molecular complexity index is 271. The number of hydrogen-bond donors (Lipinski definition) is 0. The van der Waals surface area contributed by atoms with Crippen LogP contribution in [0.3, 0.4) is 0 Å². The number of hydrogen-bond acceptors (Lipinski definition) is 0. The summed E-state index contributed by atoms with van der Waals surface area (Å²) < 4.78 is 1.10. The SMILES string of the molecule is CCCC[N+](C)(CCCC)c1ccccc1. The minimum Gasteiger partial charge on any atom is -0.294 e. The van der Waals surface area contributed by atoms with E-state index in [4.69, 9.17) is 0 Å². The maximum absolute atomic E-state index is 2.38. The van der Waals surface area contributed by atoms with Crippen LogP contribution in [0.25, 0.3) is 0 Å². The second kappa shape index (κ2) is 6.70. The third-order valence-corrected chi connectivity index (χ3v) is 3.39. The van der Waals surface area contributed by atoms with E-state index in [9.17, 15) is 0 Å². The molecule has 0 atom stereocenters. The number of rotatable bonds is 7. The van der Waals surface area contributed by atoms with E-state index >= 15 is 0 Å². The van der Waals surface area contributed by atoms with Gasteiger partial charge in [-0.3, -0.25) is 4.48 Å². The summed E-state index contributed by atoms with van der Waals surface area (Å²) in [5.41, 5.74) is 1.46. The molecule has 1 heteroatoms. The quantitative estimate of drug-likeness (QED) is 0.603. The van der Waals surface area contributed by atoms with Crippen LogP contribution in [0.2, 0.25) is 0 Å². The van der Waals surface area contributed by atoms with Crippen molar-refractivity contribution in [3.63, 3.8) is 0 Å². The Hall–Kier alpha value is -0.820. The standard InChI is InChI=1S/C15H26N/c1-4-6-13-16(3,14-7-5-2)15-11-9-8-10-12-15/h8-12H,4-7,13-14H2,1-3H3/q+1. The average Bonchev–Trinajstić information content (AvgIpc) is 2.35. The van der Waals surface area contributed by atoms with Crippen molar-refractivity contribution < 1.29 is 0 Å². The monoisotopic (exact) mass is 220 g/mol. The van der Waals surface area contributed by atoms with Gasteiger partial charge in [0.1, 0.15) is 5.69 Å². The zero-order valence-corrected chi connectivity index (χ0v) is 11.1. The van der Waals surface area contributed by atoms with Crippen LogP contribution in [-0.4, -0.2) is 20.1 Å². The molecule has 0 saturated carbocycles. The summed E-state index contributed by atoms with van der Waals surface area (Å²) in [5, 5.41) is 0. The Kier molecular flexibility index (Phi) is 5.54. The van der Waals surface area contributed by atoms with Gasteiger partial charge in [0.2, 0.25) is 0 Å². The van der Waals surface area contributed by atoms with E-state index < -0.39 is 0 Å². The Morgan fingerprint density at radius 3 is 1.81 bits per heavy atom. The summed E-state index contributed by atoms with van der Waals surface area (Å²) >= 11 is 0. The third kappa shape index (κ3) is 3.64. The molecular formula is C15H26N+. The van der Waals surface area contributed by atoms with Gasteiger partial charge >= 0.3 is 0 Å². The van der Waals surface area contributed by atoms with Crippen LogP contribution in [0.5, 0.6) is 0 Å². The fraction of sp³-hybridized carbons (Fsp3) is 0.600. The van der Waals surface area contributed by atoms with E-state index in [1.807, 2.05) is 0 Å². The van der Waals surface area contributed by atoms with E-state index in [0.717, 1.165) is 4.48 Å². The highest BCUT2D eigenvalue weighted by Crippen LogP contribution is 2.22. The maximum Gasteiger partial charge on any atom is 0.132 e. The first-order chi connectivity index (χ1) is 7.73. The molecule has 1 rings (SSSR count). The van der Waals surface area contributed by atoms with E-state index in [-0.39, 0.29) is 0 Å². The summed E-state index contributed by atoms with van der Waals surface area (Å²) in [5.74, 6) is 0. The van der Waals surface area contributed by atoms with Crippen molar-refractivity contribution in [2.45, 2.75) is 39.5 Å². The van der Waals surface area contributed by atoms with Gasteiger partial charge < -0.3 is 0 Å². The zero-order valence-electron chi connectivity index (χ0n) is 11.1. The molecule has 90 valence electrons. The minimum atomic E-state index is 1.10. The Labute approximate surface area is 101 Å². The highest BCUT2D eigenvalue weighted by atomic mass is 15.3. The normalized spacial score (nSPS) is 11.7. The lowest BCUT2D eigenvalue weighted by Crippen LogP contribution is -2.46. The summed E-state index contributed by atoms with van der Waals surface area (Å²) in [6.45, 7) is 7.07. The highest BCUT2D eigenvalue weighted by Gasteiger charge is 2.22. The molecule has 0 aliphatic carbocycles. The summed E-state index contributed by atoms with van der Waals surface area (Å²) in [6, 6.07) is 11.0. The predicted molar refractivity (Wildman–Crippen MR) is 73.7 cm³/mol. The molecule has 0 N–H and O–H groups in total. The Morgan fingerprint density at radius 1 is 0.875 bits per heavy atom. The first kappa shape index (κ1) is 13.2. The summed E-state index contributed by atoms with van der Waals surface area (Å²) in [4.78, 5) is 0. The number of para-hydroxylation sites is 1. The van der Waals surface area contributed by atoms with Crippen LogP contribution in [0.4, 0.5) is 5.69 Å². The molecular weight excluding hydrogens is 194 g/mol. The van der Waals surface area contributed by atoms with Gasteiger partial charge in [-0.15, -0.1) is 0 Å². The lowest BCUT2D eigenvalue weighted by molar-refractivity contribution is 0.317. The highest BCUT2D eigenvalue weighted by molar-refractivity contribution is 5.41. The van der Waals surface area contributed by atoms with Gasteiger partial charge in [-0.1, -0.05) is 44.9 Å². The number of benzene rings is 1. The second-order valence-corrected chi connectivity index (χ2v) is 4.89. The molecule has 0 bridgehead atoms. The lowest BCUT2D eigenvalue weighted by Gasteiger charge is -2.34. The van der Waals surface area contributed by atoms with Crippen molar-refractivity contribution in [1.29, 1.82) is 0 Å². The van der Waals surface area contributed by atoms with Crippen LogP contribution < -0.4 is 4.48 Å². The summed E-state index contributed by atoms with van der Waals surface area (Å²) in [6.07, 6.45) is 5.20. The fourth-order valence-corrected chi connectivity index (χ4v) is 2.17. The largest absolute Gasteiger partial charge is 0.294 e. The van der Waals surface area contributed by atoms with Gasteiger partial charge in [0, 0.05) is 0 Å². The van der Waals surface area contributed by atoms with Crippen molar-refractivity contribution in [3.05, 3.63) is 30.3 Å². The summed E-state index contributed by atoms with van der Waals surface area (Å²) in [7, 11) is 2.38. The fourth-order valence-electron chi connectivity index (χ4n) is 2.17. The molecule has 0 radical (unpaired) electrons. The minimum absolute atomic E-state index is 1.10. The number of unbranched alkanes of at least 4 members (excludes halogenated alkanes) is 2. The van der Waals surface area contributed by atoms with Crippen LogP contribution >= 0.6 is 0 Å². The maximum atomic E-state index is 2.38. The molecule has 0 fully saturated rings. The molecule has 0 amide bonds. The number of quaternary nitrogens is 1. The molecule has 0 aliphatic heterocycles. The van der Waals surface area contributed by atoms with Crippen molar-refractivity contribution in [3.8, 4) is 0 Å². The van der Waals surface area contributed by atoms with Crippen LogP contribution in [-0.2, 0) is 0 Å². The smallest absolute Gasteiger partial charge is 0.132 e. The molecule has 0 aromatic heterocycles. The van der Waals surface area contributed by atoms with Crippen LogP contribution in [0.1, 0.15) is 39.5 Å². The Morgan fingerprint density at radius 2 is 1.38 bits per heavy atom. The Balaban J connectivity index is 2.77. The molecule has 0 aliphatic rings. The van der Waals surface area contributed by atoms with Gasteiger partial charge in [0.15, 0.2) is 0 Å². The topological polar surface area (TPSA) is 0 Å². The first-order valence-corrected chi connectivity index (χ1v) is 6.63. The van der Waals surface area contributed by atoms with Crippen molar-refractivity contribution in [2.24, 2.45) is 0 Å². The molecule has 1 aromatic rings. The molecule has 16 heavy (non-hydrogen) atoms. The van der Waals surface area contributed by atoms with Crippen LogP contribution in [0.15, 0.2) is 30.3 Å². The van der Waals surface area contributed by atoms with E-state index in [1.54, 1.807) is 0 Å². The van der Waals surface area contributed by atoms with Crippen molar-refractivity contribution in [2.75, 3.05) is 20.1 Å². The third-order valence-electron chi connectivity index (χ3n) is 3.39. The van der Waals surface area contributed by atoms with Gasteiger partial charge in [0.05, 0.1) is 20.1 Å². The second-order valence-electron chi connectivity index (χ2n) is 4.89. The lowest BCUT2D eigenvalue weighted by atomic mass is 10.2. The van der Waals surface area contributed by atoms with Gasteiger partial charge in [0.25, 0.3) is 0 Å². The molecule has 0 heterocycles. The van der Waals surface area contributed by atoms with Crippen molar-refractivity contribution in [1.82, 2.24) is 4.48 Å². The molecule has 1 aromatic carbocycles. The predicted octanol–water partition coefficient (Wildman–Crippen LogP) is 4.22. The molecule has 0 saturated heterocycles. The van der Waals surface area contributed by atoms with Crippen molar-refractivity contribution >= 4 is 5.69 Å².